The van der Waals surface area contributed by atoms with Crippen molar-refractivity contribution in [1.29, 1.82) is 0 Å². The van der Waals surface area contributed by atoms with Gasteiger partial charge in [-0.3, -0.25) is 4.79 Å². The van der Waals surface area contributed by atoms with Crippen LogP contribution in [0.4, 0.5) is 0 Å². The molecule has 0 amide bonds. The van der Waals surface area contributed by atoms with E-state index in [9.17, 15) is 4.79 Å². The predicted octanol–water partition coefficient (Wildman–Crippen LogP) is 3.35. The molecule has 0 aliphatic heterocycles. The molecule has 0 saturated heterocycles. The molecule has 16 heavy (non-hydrogen) atoms. The second kappa shape index (κ2) is 5.44. The van der Waals surface area contributed by atoms with Crippen LogP contribution in [0.1, 0.15) is 57.8 Å². The Labute approximate surface area is 104 Å². The standard InChI is InChI=1S/C13H22O2S/c14-12(9-13(10-16)7-8-13)15-11-5-3-1-2-4-6-11/h11,16H,1-10H2. The van der Waals surface area contributed by atoms with Crippen molar-refractivity contribution in [3.8, 4) is 0 Å². The minimum atomic E-state index is 0.0125. The molecule has 2 aliphatic rings. The fraction of sp³-hybridized carbons (Fsp3) is 0.923. The van der Waals surface area contributed by atoms with Gasteiger partial charge in [0.2, 0.25) is 0 Å². The smallest absolute Gasteiger partial charge is 0.306 e. The van der Waals surface area contributed by atoms with E-state index >= 15 is 0 Å². The first-order valence-electron chi connectivity index (χ1n) is 6.54. The van der Waals surface area contributed by atoms with Crippen molar-refractivity contribution in [2.45, 2.75) is 63.9 Å². The van der Waals surface area contributed by atoms with Gasteiger partial charge in [-0.2, -0.15) is 12.6 Å². The molecule has 0 atom stereocenters. The van der Waals surface area contributed by atoms with Gasteiger partial charge in [0.05, 0.1) is 6.42 Å². The van der Waals surface area contributed by atoms with Gasteiger partial charge in [0.15, 0.2) is 0 Å². The summed E-state index contributed by atoms with van der Waals surface area (Å²) in [6.45, 7) is 0. The van der Waals surface area contributed by atoms with Gasteiger partial charge in [-0.05, 0) is 49.7 Å². The van der Waals surface area contributed by atoms with Crippen LogP contribution in [-0.2, 0) is 9.53 Å². The highest BCUT2D eigenvalue weighted by atomic mass is 32.1. The van der Waals surface area contributed by atoms with Crippen molar-refractivity contribution in [2.24, 2.45) is 5.41 Å². The third-order valence-corrected chi connectivity index (χ3v) is 4.58. The zero-order valence-electron chi connectivity index (χ0n) is 9.91. The van der Waals surface area contributed by atoms with Crippen LogP contribution >= 0.6 is 12.6 Å². The van der Waals surface area contributed by atoms with Gasteiger partial charge in [0.25, 0.3) is 0 Å². The third kappa shape index (κ3) is 3.41. The number of carbonyl (C=O) groups excluding carboxylic acids is 1. The fourth-order valence-corrected chi connectivity index (χ4v) is 2.89. The quantitative estimate of drug-likeness (QED) is 0.465. The fourth-order valence-electron chi connectivity index (χ4n) is 2.46. The maximum Gasteiger partial charge on any atom is 0.306 e. The van der Waals surface area contributed by atoms with Crippen molar-refractivity contribution in [3.05, 3.63) is 0 Å². The number of hydrogen-bond acceptors (Lipinski definition) is 3. The number of thiol groups is 1. The number of rotatable bonds is 4. The van der Waals surface area contributed by atoms with E-state index < -0.39 is 0 Å². The Bertz CT molecular complexity index is 240. The van der Waals surface area contributed by atoms with Crippen LogP contribution in [-0.4, -0.2) is 17.8 Å². The topological polar surface area (TPSA) is 26.3 Å². The highest BCUT2D eigenvalue weighted by Gasteiger charge is 2.43. The van der Waals surface area contributed by atoms with E-state index in [1.54, 1.807) is 0 Å². The molecule has 2 saturated carbocycles. The summed E-state index contributed by atoms with van der Waals surface area (Å²) in [5.74, 6) is 0.839. The van der Waals surface area contributed by atoms with E-state index in [1.807, 2.05) is 0 Å². The molecule has 0 unspecified atom stereocenters. The minimum Gasteiger partial charge on any atom is -0.462 e. The lowest BCUT2D eigenvalue weighted by Gasteiger charge is -2.17. The first kappa shape index (κ1) is 12.3. The van der Waals surface area contributed by atoms with Crippen LogP contribution in [0, 0.1) is 5.41 Å². The van der Waals surface area contributed by atoms with Gasteiger partial charge in [0.1, 0.15) is 6.10 Å². The van der Waals surface area contributed by atoms with Gasteiger partial charge >= 0.3 is 5.97 Å². The van der Waals surface area contributed by atoms with Crippen molar-refractivity contribution < 1.29 is 9.53 Å². The summed E-state index contributed by atoms with van der Waals surface area (Å²) in [7, 11) is 0. The van der Waals surface area contributed by atoms with Gasteiger partial charge in [-0.1, -0.05) is 12.8 Å². The van der Waals surface area contributed by atoms with Crippen molar-refractivity contribution >= 4 is 18.6 Å². The average molecular weight is 242 g/mol. The van der Waals surface area contributed by atoms with Gasteiger partial charge in [-0.15, -0.1) is 0 Å². The highest BCUT2D eigenvalue weighted by Crippen LogP contribution is 2.49. The van der Waals surface area contributed by atoms with Crippen molar-refractivity contribution in [3.63, 3.8) is 0 Å². The van der Waals surface area contributed by atoms with Crippen LogP contribution in [0.25, 0.3) is 0 Å². The lowest BCUT2D eigenvalue weighted by Crippen LogP contribution is -2.20. The summed E-state index contributed by atoms with van der Waals surface area (Å²) < 4.78 is 5.58. The van der Waals surface area contributed by atoms with E-state index in [-0.39, 0.29) is 17.5 Å². The number of ether oxygens (including phenoxy) is 1. The van der Waals surface area contributed by atoms with Crippen molar-refractivity contribution in [2.75, 3.05) is 5.75 Å². The number of hydrogen-bond donors (Lipinski definition) is 1. The van der Waals surface area contributed by atoms with E-state index in [0.717, 1.165) is 31.4 Å². The molecule has 2 rings (SSSR count). The lowest BCUT2D eigenvalue weighted by atomic mass is 10.1. The number of carbonyl (C=O) groups is 1. The first-order chi connectivity index (χ1) is 7.74. The van der Waals surface area contributed by atoms with Crippen LogP contribution in [0.2, 0.25) is 0 Å². The number of esters is 1. The monoisotopic (exact) mass is 242 g/mol. The minimum absolute atomic E-state index is 0.0125. The highest BCUT2D eigenvalue weighted by molar-refractivity contribution is 7.80. The van der Waals surface area contributed by atoms with Gasteiger partial charge in [0, 0.05) is 0 Å². The van der Waals surface area contributed by atoms with Gasteiger partial charge < -0.3 is 4.74 Å². The molecule has 2 fully saturated rings. The Morgan fingerprint density at radius 1 is 1.19 bits per heavy atom. The Morgan fingerprint density at radius 2 is 1.81 bits per heavy atom. The Kier molecular flexibility index (Phi) is 4.17. The molecule has 0 bridgehead atoms. The van der Waals surface area contributed by atoms with Crippen LogP contribution in [0.15, 0.2) is 0 Å². The van der Waals surface area contributed by atoms with E-state index in [1.165, 1.54) is 25.7 Å². The Balaban J connectivity index is 1.73. The molecule has 2 nitrogen and oxygen atoms in total. The maximum absolute atomic E-state index is 11.8. The van der Waals surface area contributed by atoms with Crippen molar-refractivity contribution in [1.82, 2.24) is 0 Å². The Hall–Kier alpha value is -0.180. The van der Waals surface area contributed by atoms with E-state index in [0.29, 0.717) is 6.42 Å². The average Bonchev–Trinajstić information content (AvgIpc) is 3.04. The molecule has 2 aliphatic carbocycles. The van der Waals surface area contributed by atoms with Gasteiger partial charge in [-0.25, -0.2) is 0 Å². The first-order valence-corrected chi connectivity index (χ1v) is 7.18. The zero-order chi connectivity index (χ0) is 11.4. The molecule has 0 N–H and O–H groups in total. The SMILES string of the molecule is O=C(CC1(CS)CC1)OC1CCCCCC1. The summed E-state index contributed by atoms with van der Waals surface area (Å²) in [5.41, 5.74) is 0.199. The lowest BCUT2D eigenvalue weighted by molar-refractivity contribution is -0.150. The maximum atomic E-state index is 11.8. The molecule has 0 radical (unpaired) electrons. The molecular weight excluding hydrogens is 220 g/mol. The molecule has 0 aromatic rings. The molecule has 3 heteroatoms. The second-order valence-corrected chi connectivity index (χ2v) is 5.75. The molecule has 92 valence electrons. The van der Waals surface area contributed by atoms with E-state index in [2.05, 4.69) is 12.6 Å². The summed E-state index contributed by atoms with van der Waals surface area (Å²) in [6, 6.07) is 0. The van der Waals surface area contributed by atoms with Crippen LogP contribution < -0.4 is 0 Å². The summed E-state index contributed by atoms with van der Waals surface area (Å²) in [4.78, 5) is 11.8. The molecule has 0 aromatic carbocycles. The van der Waals surface area contributed by atoms with Crippen LogP contribution in [0.5, 0.6) is 0 Å². The summed E-state index contributed by atoms with van der Waals surface area (Å²) in [6.07, 6.45) is 10.3. The molecule has 0 spiro atoms. The summed E-state index contributed by atoms with van der Waals surface area (Å²) in [5, 5.41) is 0. The Morgan fingerprint density at radius 3 is 2.31 bits per heavy atom. The summed E-state index contributed by atoms with van der Waals surface area (Å²) >= 11 is 4.31. The van der Waals surface area contributed by atoms with Crippen LogP contribution in [0.3, 0.4) is 0 Å². The predicted molar refractivity (Wildman–Crippen MR) is 67.7 cm³/mol. The molecular formula is C13H22O2S. The van der Waals surface area contributed by atoms with E-state index in [4.69, 9.17) is 4.74 Å². The second-order valence-electron chi connectivity index (χ2n) is 5.44. The molecule has 0 heterocycles. The third-order valence-electron chi connectivity index (χ3n) is 3.91. The zero-order valence-corrected chi connectivity index (χ0v) is 10.8. The normalized spacial score (nSPS) is 24.8. The molecule has 0 aromatic heterocycles. The largest absolute Gasteiger partial charge is 0.462 e.